The molecule has 2 rings (SSSR count). The van der Waals surface area contributed by atoms with Crippen LogP contribution in [0.4, 0.5) is 0 Å². The molecule has 0 bridgehead atoms. The maximum Gasteiger partial charge on any atom is 0.220 e. The van der Waals surface area contributed by atoms with E-state index in [4.69, 9.17) is 0 Å². The van der Waals surface area contributed by atoms with Crippen molar-refractivity contribution in [1.82, 2.24) is 15.6 Å². The second-order valence-corrected chi connectivity index (χ2v) is 5.28. The molecule has 0 saturated carbocycles. The summed E-state index contributed by atoms with van der Waals surface area (Å²) in [6, 6.07) is 5.76. The lowest BCUT2D eigenvalue weighted by molar-refractivity contribution is -0.122. The van der Waals surface area contributed by atoms with Gasteiger partial charge in [0.1, 0.15) is 0 Å². The Bertz CT molecular complexity index is 388. The average Bonchev–Trinajstić information content (AvgIpc) is 2.47. The normalized spacial score (nSPS) is 17.9. The molecule has 1 amide bonds. The minimum Gasteiger partial charge on any atom is -0.348 e. The molecule has 19 heavy (non-hydrogen) atoms. The molecule has 4 nitrogen and oxygen atoms in total. The molecule has 2 heterocycles. The van der Waals surface area contributed by atoms with Gasteiger partial charge >= 0.3 is 0 Å². The largest absolute Gasteiger partial charge is 0.348 e. The Balaban J connectivity index is 1.71. The van der Waals surface area contributed by atoms with Crippen LogP contribution in [-0.4, -0.2) is 24.0 Å². The van der Waals surface area contributed by atoms with Crippen molar-refractivity contribution in [2.45, 2.75) is 38.6 Å². The molecule has 1 saturated heterocycles. The highest BCUT2D eigenvalue weighted by atomic mass is 16.1. The topological polar surface area (TPSA) is 54.0 Å². The van der Waals surface area contributed by atoms with E-state index in [-0.39, 0.29) is 11.9 Å². The van der Waals surface area contributed by atoms with Gasteiger partial charge in [-0.2, -0.15) is 0 Å². The smallest absolute Gasteiger partial charge is 0.220 e. The van der Waals surface area contributed by atoms with Crippen LogP contribution in [0.2, 0.25) is 0 Å². The molecule has 2 N–H and O–H groups in total. The van der Waals surface area contributed by atoms with Gasteiger partial charge in [-0.3, -0.25) is 9.78 Å². The molecule has 1 aliphatic heterocycles. The highest BCUT2D eigenvalue weighted by molar-refractivity contribution is 5.76. The number of hydrogen-bond acceptors (Lipinski definition) is 3. The summed E-state index contributed by atoms with van der Waals surface area (Å²) in [7, 11) is 0. The fourth-order valence-corrected chi connectivity index (χ4v) is 2.53. The summed E-state index contributed by atoms with van der Waals surface area (Å²) in [6.45, 7) is 4.16. The van der Waals surface area contributed by atoms with Crippen LogP contribution in [0.15, 0.2) is 24.4 Å². The minimum atomic E-state index is -0.0123. The number of pyridine rings is 1. The van der Waals surface area contributed by atoms with Gasteiger partial charge < -0.3 is 10.6 Å². The molecule has 4 heteroatoms. The van der Waals surface area contributed by atoms with Gasteiger partial charge in [0.15, 0.2) is 0 Å². The van der Waals surface area contributed by atoms with Gasteiger partial charge in [-0.1, -0.05) is 6.07 Å². The first-order valence-corrected chi connectivity index (χ1v) is 7.16. The van der Waals surface area contributed by atoms with Crippen LogP contribution in [0.5, 0.6) is 0 Å². The number of carbonyl (C=O) groups excluding carboxylic acids is 1. The predicted octanol–water partition coefficient (Wildman–Crippen LogP) is 2.04. The van der Waals surface area contributed by atoms with Crippen molar-refractivity contribution in [1.29, 1.82) is 0 Å². The standard InChI is InChI=1S/C15H23N3O/c1-12(14-4-2-3-9-17-14)18-15(19)6-5-13-7-10-16-11-8-13/h2-4,9,12-13,16H,5-8,10-11H2,1H3,(H,18,19)/t12-/m1/s1. The number of carbonyl (C=O) groups is 1. The Morgan fingerprint density at radius 2 is 2.26 bits per heavy atom. The summed E-state index contributed by atoms with van der Waals surface area (Å²) in [6.07, 6.45) is 5.78. The van der Waals surface area contributed by atoms with Crippen molar-refractivity contribution in [3.05, 3.63) is 30.1 Å². The number of amides is 1. The predicted molar refractivity (Wildman–Crippen MR) is 75.6 cm³/mol. The monoisotopic (exact) mass is 261 g/mol. The van der Waals surface area contributed by atoms with Gasteiger partial charge in [0.25, 0.3) is 0 Å². The van der Waals surface area contributed by atoms with Crippen molar-refractivity contribution in [2.24, 2.45) is 5.92 Å². The van der Waals surface area contributed by atoms with E-state index in [1.54, 1.807) is 6.20 Å². The number of piperidine rings is 1. The first-order chi connectivity index (χ1) is 9.25. The average molecular weight is 261 g/mol. The maximum atomic E-state index is 11.9. The number of rotatable bonds is 5. The van der Waals surface area contributed by atoms with Crippen molar-refractivity contribution in [3.8, 4) is 0 Å². The first kappa shape index (κ1) is 14.0. The van der Waals surface area contributed by atoms with Gasteiger partial charge in [0.2, 0.25) is 5.91 Å². The number of nitrogens with zero attached hydrogens (tertiary/aromatic N) is 1. The third kappa shape index (κ3) is 4.63. The summed E-state index contributed by atoms with van der Waals surface area (Å²) >= 11 is 0. The van der Waals surface area contributed by atoms with Crippen LogP contribution >= 0.6 is 0 Å². The second-order valence-electron chi connectivity index (χ2n) is 5.28. The molecule has 0 radical (unpaired) electrons. The highest BCUT2D eigenvalue weighted by Crippen LogP contribution is 2.18. The van der Waals surface area contributed by atoms with Gasteiger partial charge in [0, 0.05) is 12.6 Å². The zero-order chi connectivity index (χ0) is 13.5. The van der Waals surface area contributed by atoms with Crippen molar-refractivity contribution < 1.29 is 4.79 Å². The molecule has 1 aromatic heterocycles. The van der Waals surface area contributed by atoms with Gasteiger partial charge in [-0.15, -0.1) is 0 Å². The Hall–Kier alpha value is -1.42. The molecule has 1 aromatic rings. The van der Waals surface area contributed by atoms with Gasteiger partial charge in [0.05, 0.1) is 11.7 Å². The van der Waals surface area contributed by atoms with E-state index < -0.39 is 0 Å². The van der Waals surface area contributed by atoms with Gasteiger partial charge in [-0.05, 0) is 57.3 Å². The Morgan fingerprint density at radius 1 is 1.47 bits per heavy atom. The van der Waals surface area contributed by atoms with Crippen LogP contribution < -0.4 is 10.6 Å². The molecule has 0 aliphatic carbocycles. The zero-order valence-corrected chi connectivity index (χ0v) is 11.6. The Morgan fingerprint density at radius 3 is 2.95 bits per heavy atom. The third-order valence-corrected chi connectivity index (χ3v) is 3.75. The quantitative estimate of drug-likeness (QED) is 0.853. The molecule has 1 fully saturated rings. The summed E-state index contributed by atoms with van der Waals surface area (Å²) in [4.78, 5) is 16.2. The molecule has 1 atom stereocenters. The molecule has 0 aromatic carbocycles. The van der Waals surface area contributed by atoms with Gasteiger partial charge in [-0.25, -0.2) is 0 Å². The Labute approximate surface area is 115 Å². The molecular weight excluding hydrogens is 238 g/mol. The lowest BCUT2D eigenvalue weighted by Gasteiger charge is -2.22. The fourth-order valence-electron chi connectivity index (χ4n) is 2.53. The summed E-state index contributed by atoms with van der Waals surface area (Å²) < 4.78 is 0. The molecular formula is C15H23N3O. The van der Waals surface area contributed by atoms with Crippen LogP contribution in [0.3, 0.4) is 0 Å². The number of hydrogen-bond donors (Lipinski definition) is 2. The van der Waals surface area contributed by atoms with E-state index in [1.807, 2.05) is 25.1 Å². The summed E-state index contributed by atoms with van der Waals surface area (Å²) in [5, 5.41) is 6.37. The summed E-state index contributed by atoms with van der Waals surface area (Å²) in [5.74, 6) is 0.842. The number of aromatic nitrogens is 1. The van der Waals surface area contributed by atoms with E-state index >= 15 is 0 Å². The lowest BCUT2D eigenvalue weighted by atomic mass is 9.93. The van der Waals surface area contributed by atoms with Crippen LogP contribution in [0, 0.1) is 5.92 Å². The lowest BCUT2D eigenvalue weighted by Crippen LogP contribution is -2.30. The molecule has 0 unspecified atom stereocenters. The summed E-state index contributed by atoms with van der Waals surface area (Å²) in [5.41, 5.74) is 0.915. The van der Waals surface area contributed by atoms with E-state index in [0.717, 1.165) is 25.2 Å². The van der Waals surface area contributed by atoms with Crippen LogP contribution in [-0.2, 0) is 4.79 Å². The fraction of sp³-hybridized carbons (Fsp3) is 0.600. The second kappa shape index (κ2) is 7.24. The minimum absolute atomic E-state index is 0.0123. The maximum absolute atomic E-state index is 11.9. The van der Waals surface area contributed by atoms with E-state index in [1.165, 1.54) is 12.8 Å². The van der Waals surface area contributed by atoms with Crippen molar-refractivity contribution >= 4 is 5.91 Å². The number of nitrogens with one attached hydrogen (secondary N) is 2. The first-order valence-electron chi connectivity index (χ1n) is 7.16. The zero-order valence-electron chi connectivity index (χ0n) is 11.6. The molecule has 0 spiro atoms. The Kier molecular flexibility index (Phi) is 5.33. The highest BCUT2D eigenvalue weighted by Gasteiger charge is 2.15. The van der Waals surface area contributed by atoms with Crippen molar-refractivity contribution in [2.75, 3.05) is 13.1 Å². The van der Waals surface area contributed by atoms with E-state index in [0.29, 0.717) is 12.3 Å². The van der Waals surface area contributed by atoms with E-state index in [2.05, 4.69) is 15.6 Å². The van der Waals surface area contributed by atoms with Crippen LogP contribution in [0.25, 0.3) is 0 Å². The molecule has 1 aliphatic rings. The SMILES string of the molecule is C[C@@H](NC(=O)CCC1CCNCC1)c1ccccn1. The molecule has 104 valence electrons. The van der Waals surface area contributed by atoms with E-state index in [9.17, 15) is 4.79 Å². The van der Waals surface area contributed by atoms with Crippen molar-refractivity contribution in [3.63, 3.8) is 0 Å². The van der Waals surface area contributed by atoms with Crippen LogP contribution in [0.1, 0.15) is 44.3 Å². The third-order valence-electron chi connectivity index (χ3n) is 3.75.